The molecule has 198 valence electrons. The van der Waals surface area contributed by atoms with Crippen LogP contribution in [0, 0.1) is 16.7 Å². The number of rotatable bonds is 8. The van der Waals surface area contributed by atoms with E-state index >= 15 is 0 Å². The molecule has 0 aromatic heterocycles. The maximum absolute atomic E-state index is 13.4. The Morgan fingerprint density at radius 1 is 1.05 bits per heavy atom. The zero-order chi connectivity index (χ0) is 27.5. The average Bonchev–Trinajstić information content (AvgIpc) is 3.08. The number of ether oxygens (including phenoxy) is 1. The van der Waals surface area contributed by atoms with E-state index in [-0.39, 0.29) is 22.0 Å². The van der Waals surface area contributed by atoms with Gasteiger partial charge in [-0.1, -0.05) is 62.2 Å². The number of aliphatic carboxylic acids is 1. The number of benzene rings is 2. The van der Waals surface area contributed by atoms with Gasteiger partial charge in [-0.05, 0) is 48.1 Å². The SMILES string of the molecule is COC(=O)[C@@H](Cc1ccc(NC(=O)c2c(Cl)cccc2Cl)cc1)NC(=O)[C@@]1(C)CC[C@H](C(=O)O)C1(C)C. The van der Waals surface area contributed by atoms with Crippen molar-refractivity contribution in [3.8, 4) is 0 Å². The predicted octanol–water partition coefficient (Wildman–Crippen LogP) is 4.97. The van der Waals surface area contributed by atoms with Crippen molar-refractivity contribution in [1.82, 2.24) is 5.32 Å². The van der Waals surface area contributed by atoms with Crippen LogP contribution < -0.4 is 10.6 Å². The van der Waals surface area contributed by atoms with Crippen LogP contribution in [0.4, 0.5) is 5.69 Å². The molecule has 1 saturated carbocycles. The maximum atomic E-state index is 13.4. The summed E-state index contributed by atoms with van der Waals surface area (Å²) in [4.78, 5) is 50.2. The molecule has 3 N–H and O–H groups in total. The fraction of sp³-hybridized carbons (Fsp3) is 0.407. The molecule has 1 fully saturated rings. The van der Waals surface area contributed by atoms with Gasteiger partial charge in [-0.25, -0.2) is 4.79 Å². The summed E-state index contributed by atoms with van der Waals surface area (Å²) in [5, 5.41) is 15.6. The zero-order valence-corrected chi connectivity index (χ0v) is 22.6. The highest BCUT2D eigenvalue weighted by Gasteiger charge is 2.58. The van der Waals surface area contributed by atoms with Gasteiger partial charge >= 0.3 is 11.9 Å². The van der Waals surface area contributed by atoms with Gasteiger partial charge in [0.25, 0.3) is 5.91 Å². The lowest BCUT2D eigenvalue weighted by molar-refractivity contribution is -0.152. The van der Waals surface area contributed by atoms with Gasteiger partial charge in [0.1, 0.15) is 6.04 Å². The first kappa shape index (κ1) is 28.5. The number of carbonyl (C=O) groups excluding carboxylic acids is 3. The molecular weight excluding hydrogens is 519 g/mol. The zero-order valence-electron chi connectivity index (χ0n) is 21.1. The van der Waals surface area contributed by atoms with Crippen molar-refractivity contribution in [2.24, 2.45) is 16.7 Å². The Balaban J connectivity index is 1.73. The molecule has 0 radical (unpaired) electrons. The lowest BCUT2D eigenvalue weighted by atomic mass is 9.65. The molecule has 0 aliphatic heterocycles. The number of carboxylic acids is 1. The van der Waals surface area contributed by atoms with Crippen LogP contribution >= 0.6 is 23.2 Å². The van der Waals surface area contributed by atoms with E-state index in [1.165, 1.54) is 7.11 Å². The largest absolute Gasteiger partial charge is 0.481 e. The maximum Gasteiger partial charge on any atom is 0.328 e. The molecule has 2 aromatic carbocycles. The number of methoxy groups -OCH3 is 1. The average molecular weight is 549 g/mol. The van der Waals surface area contributed by atoms with Gasteiger partial charge in [-0.3, -0.25) is 14.4 Å². The van der Waals surface area contributed by atoms with Crippen molar-refractivity contribution in [2.45, 2.75) is 46.1 Å². The lowest BCUT2D eigenvalue weighted by Gasteiger charge is -2.39. The summed E-state index contributed by atoms with van der Waals surface area (Å²) in [7, 11) is 1.24. The van der Waals surface area contributed by atoms with Crippen molar-refractivity contribution in [2.75, 3.05) is 12.4 Å². The van der Waals surface area contributed by atoms with Crippen LogP contribution in [0.3, 0.4) is 0 Å². The molecule has 1 aliphatic rings. The fourth-order valence-corrected chi connectivity index (χ4v) is 5.43. The number of amides is 2. The smallest absolute Gasteiger partial charge is 0.328 e. The standard InChI is InChI=1S/C27H30Cl2N2O6/c1-26(2)17(23(33)34)12-13-27(26,3)25(36)31-20(24(35)37-4)14-15-8-10-16(11-9-15)30-22(32)21-18(28)6-5-7-19(21)29/h5-11,17,20H,12-14H2,1-4H3,(H,30,32)(H,31,36)(H,33,34)/t17-,20-,27-/m1/s1. The van der Waals surface area contributed by atoms with Crippen LogP contribution in [-0.4, -0.2) is 42.0 Å². The van der Waals surface area contributed by atoms with Gasteiger partial charge in [0.15, 0.2) is 0 Å². The van der Waals surface area contributed by atoms with E-state index in [1.54, 1.807) is 63.2 Å². The van der Waals surface area contributed by atoms with Crippen molar-refractivity contribution < 1.29 is 29.0 Å². The Labute approximate surface area is 225 Å². The van der Waals surface area contributed by atoms with Crippen LogP contribution in [-0.2, 0) is 25.5 Å². The lowest BCUT2D eigenvalue weighted by Crippen LogP contribution is -2.53. The Hall–Kier alpha value is -3.10. The third-order valence-electron chi connectivity index (χ3n) is 7.66. The third-order valence-corrected chi connectivity index (χ3v) is 8.29. The van der Waals surface area contributed by atoms with E-state index in [9.17, 15) is 24.3 Å². The first-order valence-electron chi connectivity index (χ1n) is 11.8. The highest BCUT2D eigenvalue weighted by Crippen LogP contribution is 2.56. The van der Waals surface area contributed by atoms with Gasteiger partial charge in [0.2, 0.25) is 5.91 Å². The molecule has 3 rings (SSSR count). The molecule has 1 aliphatic carbocycles. The van der Waals surface area contributed by atoms with Crippen molar-refractivity contribution in [3.05, 3.63) is 63.6 Å². The summed E-state index contributed by atoms with van der Waals surface area (Å²) in [6.45, 7) is 5.28. The first-order valence-corrected chi connectivity index (χ1v) is 12.5. The van der Waals surface area contributed by atoms with E-state index in [0.29, 0.717) is 24.1 Å². The Morgan fingerprint density at radius 2 is 1.65 bits per heavy atom. The molecule has 8 nitrogen and oxygen atoms in total. The summed E-state index contributed by atoms with van der Waals surface area (Å²) in [5.41, 5.74) is -0.423. The second-order valence-corrected chi connectivity index (χ2v) is 10.8. The number of carbonyl (C=O) groups is 4. The predicted molar refractivity (Wildman–Crippen MR) is 141 cm³/mol. The number of anilines is 1. The van der Waals surface area contributed by atoms with Crippen LogP contribution in [0.25, 0.3) is 0 Å². The molecular formula is C27H30Cl2N2O6. The van der Waals surface area contributed by atoms with Crippen molar-refractivity contribution in [1.29, 1.82) is 0 Å². The van der Waals surface area contributed by atoms with E-state index in [1.807, 2.05) is 0 Å². The van der Waals surface area contributed by atoms with E-state index in [0.717, 1.165) is 0 Å². The Kier molecular flexibility index (Phi) is 8.55. The summed E-state index contributed by atoms with van der Waals surface area (Å²) >= 11 is 12.2. The first-order chi connectivity index (χ1) is 17.3. The number of carboxylic acid groups (broad SMARTS) is 1. The molecule has 3 atom stereocenters. The van der Waals surface area contributed by atoms with Gasteiger partial charge in [0.05, 0.1) is 34.1 Å². The van der Waals surface area contributed by atoms with Crippen LogP contribution in [0.2, 0.25) is 10.0 Å². The topological polar surface area (TPSA) is 122 Å². The summed E-state index contributed by atoms with van der Waals surface area (Å²) in [5.74, 6) is -3.07. The Morgan fingerprint density at radius 3 is 2.16 bits per heavy atom. The molecule has 37 heavy (non-hydrogen) atoms. The van der Waals surface area contributed by atoms with Crippen LogP contribution in [0.5, 0.6) is 0 Å². The number of nitrogens with one attached hydrogen (secondary N) is 2. The number of esters is 1. The quantitative estimate of drug-likeness (QED) is 0.400. The minimum Gasteiger partial charge on any atom is -0.481 e. The van der Waals surface area contributed by atoms with Gasteiger partial charge in [-0.2, -0.15) is 0 Å². The molecule has 0 bridgehead atoms. The van der Waals surface area contributed by atoms with Crippen molar-refractivity contribution in [3.63, 3.8) is 0 Å². The van der Waals surface area contributed by atoms with E-state index in [4.69, 9.17) is 27.9 Å². The third kappa shape index (κ3) is 5.75. The number of halogens is 2. The number of hydrogen-bond donors (Lipinski definition) is 3. The summed E-state index contributed by atoms with van der Waals surface area (Å²) in [6.07, 6.45) is 0.907. The second kappa shape index (κ2) is 11.1. The normalized spacial score (nSPS) is 21.1. The highest BCUT2D eigenvalue weighted by atomic mass is 35.5. The summed E-state index contributed by atoms with van der Waals surface area (Å²) in [6, 6.07) is 10.6. The van der Waals surface area contributed by atoms with Crippen LogP contribution in [0.1, 0.15) is 49.5 Å². The highest BCUT2D eigenvalue weighted by molar-refractivity contribution is 6.40. The van der Waals surface area contributed by atoms with E-state index in [2.05, 4.69) is 10.6 Å². The van der Waals surface area contributed by atoms with Crippen molar-refractivity contribution >= 4 is 52.6 Å². The molecule has 0 spiro atoms. The molecule has 0 unspecified atom stereocenters. The summed E-state index contributed by atoms with van der Waals surface area (Å²) < 4.78 is 4.91. The molecule has 2 amide bonds. The minimum atomic E-state index is -0.976. The second-order valence-electron chi connectivity index (χ2n) is 9.98. The minimum absolute atomic E-state index is 0.141. The number of hydrogen-bond acceptors (Lipinski definition) is 5. The molecule has 0 heterocycles. The van der Waals surface area contributed by atoms with Gasteiger partial charge in [0, 0.05) is 12.1 Å². The van der Waals surface area contributed by atoms with Gasteiger partial charge in [-0.15, -0.1) is 0 Å². The van der Waals surface area contributed by atoms with Crippen LogP contribution in [0.15, 0.2) is 42.5 Å². The molecule has 0 saturated heterocycles. The fourth-order valence-electron chi connectivity index (χ4n) is 4.86. The molecule has 2 aromatic rings. The monoisotopic (exact) mass is 548 g/mol. The molecule has 10 heteroatoms. The Bertz CT molecular complexity index is 1190. The van der Waals surface area contributed by atoms with E-state index < -0.39 is 46.5 Å². The van der Waals surface area contributed by atoms with Gasteiger partial charge < -0.3 is 20.5 Å².